The monoisotopic (exact) mass is 249 g/mol. The molecule has 1 atom stereocenters. The lowest BCUT2D eigenvalue weighted by molar-refractivity contribution is 0.297. The Morgan fingerprint density at radius 3 is 2.78 bits per heavy atom. The highest BCUT2D eigenvalue weighted by molar-refractivity contribution is 5.43. The second-order valence-corrected chi connectivity index (χ2v) is 4.94. The van der Waals surface area contributed by atoms with Gasteiger partial charge < -0.3 is 15.2 Å². The fourth-order valence-electron chi connectivity index (χ4n) is 2.21. The number of benzene rings is 1. The predicted octanol–water partition coefficient (Wildman–Crippen LogP) is 2.91. The summed E-state index contributed by atoms with van der Waals surface area (Å²) in [5.41, 5.74) is 7.37. The van der Waals surface area contributed by atoms with Gasteiger partial charge in [-0.15, -0.1) is 0 Å². The molecule has 100 valence electrons. The zero-order valence-electron chi connectivity index (χ0n) is 11.2. The van der Waals surface area contributed by atoms with Crippen LogP contribution in [0.25, 0.3) is 0 Å². The van der Waals surface area contributed by atoms with Crippen molar-refractivity contribution in [2.45, 2.75) is 45.1 Å². The molecule has 1 heterocycles. The number of unbranched alkanes of at least 4 members (excludes halogenated alkanes) is 1. The zero-order chi connectivity index (χ0) is 12.8. The SMILES string of the molecule is CCCCC(N)Cc1ccc2c(c1)OCCCO2. The number of ether oxygens (including phenoxy) is 2. The second-order valence-electron chi connectivity index (χ2n) is 4.94. The number of hydrogen-bond acceptors (Lipinski definition) is 3. The molecular weight excluding hydrogens is 226 g/mol. The molecule has 0 amide bonds. The fourth-order valence-corrected chi connectivity index (χ4v) is 2.21. The van der Waals surface area contributed by atoms with Crippen molar-refractivity contribution in [1.29, 1.82) is 0 Å². The van der Waals surface area contributed by atoms with E-state index in [0.717, 1.165) is 44.0 Å². The normalized spacial score (nSPS) is 16.1. The minimum atomic E-state index is 0.245. The van der Waals surface area contributed by atoms with Crippen LogP contribution >= 0.6 is 0 Å². The summed E-state index contributed by atoms with van der Waals surface area (Å²) in [6.07, 6.45) is 5.35. The lowest BCUT2D eigenvalue weighted by Gasteiger charge is -2.13. The van der Waals surface area contributed by atoms with Gasteiger partial charge in [0.15, 0.2) is 11.5 Å². The van der Waals surface area contributed by atoms with Gasteiger partial charge in [0.05, 0.1) is 13.2 Å². The Kier molecular flexibility index (Phi) is 4.88. The van der Waals surface area contributed by atoms with Crippen molar-refractivity contribution >= 4 is 0 Å². The highest BCUT2D eigenvalue weighted by Crippen LogP contribution is 2.30. The topological polar surface area (TPSA) is 44.5 Å². The molecule has 0 saturated carbocycles. The van der Waals surface area contributed by atoms with Gasteiger partial charge in [0, 0.05) is 12.5 Å². The van der Waals surface area contributed by atoms with Gasteiger partial charge in [-0.25, -0.2) is 0 Å². The summed E-state index contributed by atoms with van der Waals surface area (Å²) < 4.78 is 11.3. The van der Waals surface area contributed by atoms with E-state index in [1.165, 1.54) is 18.4 Å². The fraction of sp³-hybridized carbons (Fsp3) is 0.600. The molecule has 1 unspecified atom stereocenters. The molecule has 1 aromatic rings. The van der Waals surface area contributed by atoms with Crippen molar-refractivity contribution in [3.05, 3.63) is 23.8 Å². The summed E-state index contributed by atoms with van der Waals surface area (Å²) in [6.45, 7) is 3.67. The third-order valence-electron chi connectivity index (χ3n) is 3.24. The summed E-state index contributed by atoms with van der Waals surface area (Å²) in [6, 6.07) is 6.42. The Morgan fingerprint density at radius 2 is 2.00 bits per heavy atom. The van der Waals surface area contributed by atoms with Crippen LogP contribution in [-0.4, -0.2) is 19.3 Å². The first kappa shape index (κ1) is 13.2. The van der Waals surface area contributed by atoms with E-state index in [1.807, 2.05) is 6.07 Å². The molecule has 0 radical (unpaired) electrons. The van der Waals surface area contributed by atoms with E-state index < -0.39 is 0 Å². The molecular formula is C15H23NO2. The van der Waals surface area contributed by atoms with Crippen molar-refractivity contribution < 1.29 is 9.47 Å². The molecule has 0 spiro atoms. The molecule has 1 aliphatic rings. The zero-order valence-corrected chi connectivity index (χ0v) is 11.2. The van der Waals surface area contributed by atoms with Crippen LogP contribution in [0.4, 0.5) is 0 Å². The first-order valence-electron chi connectivity index (χ1n) is 6.93. The highest BCUT2D eigenvalue weighted by Gasteiger charge is 2.12. The Balaban J connectivity index is 1.99. The van der Waals surface area contributed by atoms with Gasteiger partial charge in [-0.2, -0.15) is 0 Å². The third-order valence-corrected chi connectivity index (χ3v) is 3.24. The minimum Gasteiger partial charge on any atom is -0.490 e. The first-order chi connectivity index (χ1) is 8.79. The predicted molar refractivity (Wildman–Crippen MR) is 73.3 cm³/mol. The molecule has 0 bridgehead atoms. The maximum absolute atomic E-state index is 6.13. The molecule has 0 fully saturated rings. The van der Waals surface area contributed by atoms with Crippen LogP contribution in [0.15, 0.2) is 18.2 Å². The van der Waals surface area contributed by atoms with E-state index in [0.29, 0.717) is 0 Å². The van der Waals surface area contributed by atoms with Gasteiger partial charge in [-0.05, 0) is 30.5 Å². The molecule has 2 rings (SSSR count). The molecule has 0 aromatic heterocycles. The summed E-state index contributed by atoms with van der Waals surface area (Å²) in [4.78, 5) is 0. The van der Waals surface area contributed by atoms with Crippen LogP contribution in [0, 0.1) is 0 Å². The van der Waals surface area contributed by atoms with Gasteiger partial charge >= 0.3 is 0 Å². The number of fused-ring (bicyclic) bond motifs is 1. The Bertz CT molecular complexity index is 379. The third kappa shape index (κ3) is 3.64. The van der Waals surface area contributed by atoms with E-state index in [1.54, 1.807) is 0 Å². The van der Waals surface area contributed by atoms with Crippen LogP contribution in [0.3, 0.4) is 0 Å². The molecule has 3 nitrogen and oxygen atoms in total. The van der Waals surface area contributed by atoms with Crippen molar-refractivity contribution in [3.8, 4) is 11.5 Å². The first-order valence-corrected chi connectivity index (χ1v) is 6.93. The van der Waals surface area contributed by atoms with Gasteiger partial charge in [-0.3, -0.25) is 0 Å². The van der Waals surface area contributed by atoms with Crippen molar-refractivity contribution in [1.82, 2.24) is 0 Å². The van der Waals surface area contributed by atoms with E-state index in [9.17, 15) is 0 Å². The van der Waals surface area contributed by atoms with E-state index in [4.69, 9.17) is 15.2 Å². The summed E-state index contributed by atoms with van der Waals surface area (Å²) in [7, 11) is 0. The van der Waals surface area contributed by atoms with E-state index >= 15 is 0 Å². The second kappa shape index (κ2) is 6.64. The van der Waals surface area contributed by atoms with Crippen molar-refractivity contribution in [3.63, 3.8) is 0 Å². The maximum atomic E-state index is 6.13. The molecule has 1 aromatic carbocycles. The van der Waals surface area contributed by atoms with Crippen LogP contribution in [0.2, 0.25) is 0 Å². The number of hydrogen-bond donors (Lipinski definition) is 1. The van der Waals surface area contributed by atoms with E-state index in [2.05, 4.69) is 19.1 Å². The van der Waals surface area contributed by atoms with Crippen LogP contribution < -0.4 is 15.2 Å². The lowest BCUT2D eigenvalue weighted by Crippen LogP contribution is -2.22. The number of nitrogens with two attached hydrogens (primary N) is 1. The smallest absolute Gasteiger partial charge is 0.161 e. The number of rotatable bonds is 5. The molecule has 18 heavy (non-hydrogen) atoms. The highest BCUT2D eigenvalue weighted by atomic mass is 16.5. The van der Waals surface area contributed by atoms with E-state index in [-0.39, 0.29) is 6.04 Å². The molecule has 2 N–H and O–H groups in total. The summed E-state index contributed by atoms with van der Waals surface area (Å²) in [5, 5.41) is 0. The quantitative estimate of drug-likeness (QED) is 0.872. The Labute approximate surface area is 109 Å². The molecule has 3 heteroatoms. The average molecular weight is 249 g/mol. The van der Waals surface area contributed by atoms with Crippen molar-refractivity contribution in [2.24, 2.45) is 5.73 Å². The molecule has 0 saturated heterocycles. The van der Waals surface area contributed by atoms with Gasteiger partial charge in [-0.1, -0.05) is 25.8 Å². The van der Waals surface area contributed by atoms with Crippen LogP contribution in [0.5, 0.6) is 11.5 Å². The van der Waals surface area contributed by atoms with Gasteiger partial charge in [0.25, 0.3) is 0 Å². The Hall–Kier alpha value is -1.22. The van der Waals surface area contributed by atoms with Crippen LogP contribution in [-0.2, 0) is 6.42 Å². The van der Waals surface area contributed by atoms with Crippen LogP contribution in [0.1, 0.15) is 38.2 Å². The van der Waals surface area contributed by atoms with Gasteiger partial charge in [0.1, 0.15) is 0 Å². The lowest BCUT2D eigenvalue weighted by atomic mass is 10.0. The molecule has 0 aliphatic carbocycles. The standard InChI is InChI=1S/C15H23NO2/c1-2-3-5-13(16)10-12-6-7-14-15(11-12)18-9-4-8-17-14/h6-7,11,13H,2-5,8-10,16H2,1H3. The summed E-state index contributed by atoms with van der Waals surface area (Å²) >= 11 is 0. The summed E-state index contributed by atoms with van der Waals surface area (Å²) in [5.74, 6) is 1.73. The molecule has 1 aliphatic heterocycles. The maximum Gasteiger partial charge on any atom is 0.161 e. The minimum absolute atomic E-state index is 0.245. The largest absolute Gasteiger partial charge is 0.490 e. The Morgan fingerprint density at radius 1 is 1.22 bits per heavy atom. The van der Waals surface area contributed by atoms with Gasteiger partial charge in [0.2, 0.25) is 0 Å². The van der Waals surface area contributed by atoms with Crippen molar-refractivity contribution in [2.75, 3.05) is 13.2 Å². The average Bonchev–Trinajstić information content (AvgIpc) is 2.61.